The number of nitrogens with zero attached hydrogens (tertiary/aromatic N) is 1. The molecular weight excluding hydrogens is 671 g/mol. The van der Waals surface area contributed by atoms with Gasteiger partial charge in [0.15, 0.2) is 0 Å². The van der Waals surface area contributed by atoms with E-state index in [4.69, 9.17) is 0 Å². The summed E-state index contributed by atoms with van der Waals surface area (Å²) in [4.78, 5) is 2.38. The molecule has 10 aromatic rings. The van der Waals surface area contributed by atoms with Gasteiger partial charge in [-0.05, 0) is 104 Å². The lowest BCUT2D eigenvalue weighted by molar-refractivity contribution is 1.28. The van der Waals surface area contributed by atoms with E-state index >= 15 is 0 Å². The average molecular weight is 706 g/mol. The van der Waals surface area contributed by atoms with Crippen molar-refractivity contribution in [2.24, 2.45) is 0 Å². The normalized spacial score (nSPS) is 11.3. The number of para-hydroxylation sites is 1. The van der Waals surface area contributed by atoms with Gasteiger partial charge in [0.2, 0.25) is 0 Å². The van der Waals surface area contributed by atoms with Gasteiger partial charge >= 0.3 is 0 Å². The second kappa shape index (κ2) is 13.7. The molecule has 9 aromatic carbocycles. The lowest BCUT2D eigenvalue weighted by Gasteiger charge is -2.28. The summed E-state index contributed by atoms with van der Waals surface area (Å²) < 4.78 is 2.68. The number of benzene rings is 9. The number of fused-ring (bicyclic) bond motifs is 4. The molecule has 1 heterocycles. The van der Waals surface area contributed by atoms with Gasteiger partial charge in [-0.2, -0.15) is 0 Å². The first-order valence-corrected chi connectivity index (χ1v) is 19.2. The van der Waals surface area contributed by atoms with Gasteiger partial charge in [-0.15, -0.1) is 11.3 Å². The standard InChI is InChI=1S/C52H35NS/c1-3-11-36(12-4-1)37-19-21-38(22-20-37)39-25-29-45(30-26-39)53(50-17-9-7-15-47(50)41-13-5-2-6-14-41)46-31-27-40(28-32-46)42-23-24-43-35-52-49(34-44(43)33-42)48-16-8-10-18-51(48)54-52/h1-35H. The first-order chi connectivity index (χ1) is 26.7. The molecule has 1 nitrogen and oxygen atoms in total. The predicted molar refractivity (Wildman–Crippen MR) is 233 cm³/mol. The van der Waals surface area contributed by atoms with E-state index in [9.17, 15) is 0 Å². The topological polar surface area (TPSA) is 3.24 Å². The quantitative estimate of drug-likeness (QED) is 0.160. The Labute approximate surface area is 319 Å². The Hall–Kier alpha value is -6.74. The SMILES string of the molecule is c1ccc(-c2ccc(-c3ccc(N(c4ccc(-c5ccc6cc7sc8ccccc8c7cc6c5)cc4)c4ccccc4-c4ccccc4)cc3)cc2)cc1. The zero-order valence-corrected chi connectivity index (χ0v) is 30.4. The molecule has 0 N–H and O–H groups in total. The van der Waals surface area contributed by atoms with Crippen LogP contribution in [0.2, 0.25) is 0 Å². The minimum absolute atomic E-state index is 1.11. The number of rotatable bonds is 7. The van der Waals surface area contributed by atoms with E-state index in [0.717, 1.165) is 17.1 Å². The van der Waals surface area contributed by atoms with Crippen LogP contribution in [0.3, 0.4) is 0 Å². The van der Waals surface area contributed by atoms with Gasteiger partial charge in [0.05, 0.1) is 5.69 Å². The molecule has 0 saturated heterocycles. The Morgan fingerprint density at radius 2 is 0.796 bits per heavy atom. The van der Waals surface area contributed by atoms with Crippen LogP contribution in [0, 0.1) is 0 Å². The van der Waals surface area contributed by atoms with E-state index in [1.165, 1.54) is 75.5 Å². The number of thiophene rings is 1. The first-order valence-electron chi connectivity index (χ1n) is 18.4. The Balaban J connectivity index is 1.02. The van der Waals surface area contributed by atoms with Crippen molar-refractivity contribution in [1.29, 1.82) is 0 Å². The summed E-state index contributed by atoms with van der Waals surface area (Å²) in [5, 5.41) is 5.20. The van der Waals surface area contributed by atoms with Crippen molar-refractivity contribution in [3.8, 4) is 44.5 Å². The second-order valence-corrected chi connectivity index (χ2v) is 14.8. The molecule has 1 aromatic heterocycles. The maximum absolute atomic E-state index is 2.38. The van der Waals surface area contributed by atoms with Crippen molar-refractivity contribution < 1.29 is 0 Å². The zero-order valence-electron chi connectivity index (χ0n) is 29.6. The molecule has 0 fully saturated rings. The van der Waals surface area contributed by atoms with Crippen LogP contribution < -0.4 is 4.90 Å². The number of hydrogen-bond acceptors (Lipinski definition) is 2. The van der Waals surface area contributed by atoms with E-state index in [1.807, 2.05) is 11.3 Å². The molecule has 0 saturated carbocycles. The molecule has 254 valence electrons. The summed E-state index contributed by atoms with van der Waals surface area (Å²) in [6, 6.07) is 77.1. The molecule has 0 bridgehead atoms. The maximum Gasteiger partial charge on any atom is 0.0540 e. The van der Waals surface area contributed by atoms with Gasteiger partial charge in [-0.25, -0.2) is 0 Å². The van der Waals surface area contributed by atoms with Crippen LogP contribution in [0.15, 0.2) is 212 Å². The summed E-state index contributed by atoms with van der Waals surface area (Å²) >= 11 is 1.87. The van der Waals surface area contributed by atoms with E-state index in [0.29, 0.717) is 0 Å². The highest BCUT2D eigenvalue weighted by Crippen LogP contribution is 2.42. The fourth-order valence-electron chi connectivity index (χ4n) is 7.70. The molecule has 0 radical (unpaired) electrons. The third-order valence-corrected chi connectivity index (χ3v) is 11.6. The number of anilines is 3. The minimum atomic E-state index is 1.11. The molecule has 0 amide bonds. The third kappa shape index (κ3) is 5.93. The van der Waals surface area contributed by atoms with E-state index < -0.39 is 0 Å². The molecule has 10 rings (SSSR count). The monoisotopic (exact) mass is 705 g/mol. The maximum atomic E-state index is 2.38. The van der Waals surface area contributed by atoms with Crippen LogP contribution in [0.25, 0.3) is 75.5 Å². The first kappa shape index (κ1) is 32.0. The largest absolute Gasteiger partial charge is 0.310 e. The molecule has 0 atom stereocenters. The van der Waals surface area contributed by atoms with E-state index in [1.54, 1.807) is 0 Å². The van der Waals surface area contributed by atoms with Crippen LogP contribution in [0.1, 0.15) is 0 Å². The van der Waals surface area contributed by atoms with Crippen LogP contribution in [-0.2, 0) is 0 Å². The van der Waals surface area contributed by atoms with Gasteiger partial charge in [0.25, 0.3) is 0 Å². The smallest absolute Gasteiger partial charge is 0.0540 e. The lowest BCUT2D eigenvalue weighted by atomic mass is 9.98. The second-order valence-electron chi connectivity index (χ2n) is 13.8. The predicted octanol–water partition coefficient (Wildman–Crippen LogP) is 15.3. The van der Waals surface area contributed by atoms with Crippen LogP contribution in [0.5, 0.6) is 0 Å². The van der Waals surface area contributed by atoms with Gasteiger partial charge in [-0.1, -0.05) is 158 Å². The summed E-state index contributed by atoms with van der Waals surface area (Å²) in [5.74, 6) is 0. The zero-order chi connectivity index (χ0) is 35.8. The Morgan fingerprint density at radius 3 is 1.46 bits per heavy atom. The van der Waals surface area contributed by atoms with Crippen molar-refractivity contribution in [2.45, 2.75) is 0 Å². The van der Waals surface area contributed by atoms with Gasteiger partial charge in [-0.3, -0.25) is 0 Å². The highest BCUT2D eigenvalue weighted by Gasteiger charge is 2.18. The van der Waals surface area contributed by atoms with Crippen molar-refractivity contribution in [3.63, 3.8) is 0 Å². The van der Waals surface area contributed by atoms with Crippen molar-refractivity contribution in [3.05, 3.63) is 212 Å². The Morgan fingerprint density at radius 1 is 0.296 bits per heavy atom. The lowest BCUT2D eigenvalue weighted by Crippen LogP contribution is -2.11. The molecule has 0 unspecified atom stereocenters. The van der Waals surface area contributed by atoms with Gasteiger partial charge < -0.3 is 4.90 Å². The third-order valence-electron chi connectivity index (χ3n) is 10.5. The van der Waals surface area contributed by atoms with Crippen molar-refractivity contribution >= 4 is 59.3 Å². The van der Waals surface area contributed by atoms with Crippen LogP contribution >= 0.6 is 11.3 Å². The molecule has 2 heteroatoms. The van der Waals surface area contributed by atoms with Gasteiger partial charge in [0.1, 0.15) is 0 Å². The van der Waals surface area contributed by atoms with Crippen molar-refractivity contribution in [2.75, 3.05) is 4.90 Å². The summed E-state index contributed by atoms with van der Waals surface area (Å²) in [6.45, 7) is 0. The van der Waals surface area contributed by atoms with E-state index in [-0.39, 0.29) is 0 Å². The summed E-state index contributed by atoms with van der Waals surface area (Å²) in [5.41, 5.74) is 13.0. The molecule has 0 aliphatic carbocycles. The highest BCUT2D eigenvalue weighted by atomic mass is 32.1. The van der Waals surface area contributed by atoms with Crippen LogP contribution in [-0.4, -0.2) is 0 Å². The summed E-state index contributed by atoms with van der Waals surface area (Å²) in [7, 11) is 0. The van der Waals surface area contributed by atoms with Crippen molar-refractivity contribution in [1.82, 2.24) is 0 Å². The summed E-state index contributed by atoms with van der Waals surface area (Å²) in [6.07, 6.45) is 0. The van der Waals surface area contributed by atoms with E-state index in [2.05, 4.69) is 217 Å². The molecule has 54 heavy (non-hydrogen) atoms. The number of hydrogen-bond donors (Lipinski definition) is 0. The molecule has 0 aliphatic rings. The average Bonchev–Trinajstić information content (AvgIpc) is 3.61. The fourth-order valence-corrected chi connectivity index (χ4v) is 8.83. The molecule has 0 spiro atoms. The molecular formula is C52H35NS. The highest BCUT2D eigenvalue weighted by molar-refractivity contribution is 7.25. The Bertz CT molecular complexity index is 2890. The Kier molecular flexibility index (Phi) is 8.09. The van der Waals surface area contributed by atoms with Gasteiger partial charge in [0, 0.05) is 37.1 Å². The molecule has 0 aliphatic heterocycles. The van der Waals surface area contributed by atoms with Crippen LogP contribution in [0.4, 0.5) is 17.1 Å². The fraction of sp³-hybridized carbons (Fsp3) is 0. The minimum Gasteiger partial charge on any atom is -0.310 e.